The van der Waals surface area contributed by atoms with Gasteiger partial charge in [0.1, 0.15) is 0 Å². The number of hydrogen-bond donors (Lipinski definition) is 0. The number of rotatable bonds is 4. The van der Waals surface area contributed by atoms with Crippen LogP contribution in [0.4, 0.5) is 5.69 Å². The van der Waals surface area contributed by atoms with E-state index in [-0.39, 0.29) is 15.4 Å². The third kappa shape index (κ3) is 3.17. The van der Waals surface area contributed by atoms with Gasteiger partial charge in [-0.05, 0) is 17.5 Å². The number of nitrogens with zero attached hydrogens (tertiary/aromatic N) is 1. The van der Waals surface area contributed by atoms with Crippen LogP contribution in [0.5, 0.6) is 0 Å². The van der Waals surface area contributed by atoms with Crippen molar-refractivity contribution in [3.8, 4) is 0 Å². The predicted octanol–water partition coefficient (Wildman–Crippen LogP) is 4.27. The summed E-state index contributed by atoms with van der Waals surface area (Å²) >= 11 is 3.61. The van der Waals surface area contributed by atoms with Gasteiger partial charge in [-0.1, -0.05) is 58.4 Å². The molecule has 18 heavy (non-hydrogen) atoms. The van der Waals surface area contributed by atoms with Gasteiger partial charge < -0.3 is 0 Å². The highest BCUT2D eigenvalue weighted by Gasteiger charge is 2.10. The molecule has 0 bridgehead atoms. The molecule has 0 N–H and O–H groups in total. The molecule has 0 aliphatic rings. The quantitative estimate of drug-likeness (QED) is 0.481. The highest BCUT2D eigenvalue weighted by molar-refractivity contribution is 9.09. The highest BCUT2D eigenvalue weighted by atomic mass is 79.9. The molecule has 0 radical (unpaired) electrons. The Kier molecular flexibility index (Phi) is 4.10. The lowest BCUT2D eigenvalue weighted by molar-refractivity contribution is -0.384. The lowest BCUT2D eigenvalue weighted by atomic mass is 10.0. The molecule has 1 atom stereocenters. The Labute approximate surface area is 114 Å². The number of halogens is 1. The fourth-order valence-corrected chi connectivity index (χ4v) is 2.42. The van der Waals surface area contributed by atoms with Crippen LogP contribution < -0.4 is 0 Å². The van der Waals surface area contributed by atoms with E-state index in [2.05, 4.69) is 28.1 Å². The Morgan fingerprint density at radius 3 is 2.22 bits per heavy atom. The van der Waals surface area contributed by atoms with Crippen molar-refractivity contribution < 1.29 is 4.92 Å². The summed E-state index contributed by atoms with van der Waals surface area (Å²) in [5, 5.41) is 10.6. The zero-order valence-electron chi connectivity index (χ0n) is 9.62. The molecule has 2 aromatic carbocycles. The first kappa shape index (κ1) is 12.8. The molecule has 4 heteroatoms. The number of benzene rings is 2. The molecule has 0 aliphatic heterocycles. The molecular formula is C14H12BrNO2. The molecule has 3 nitrogen and oxygen atoms in total. The summed E-state index contributed by atoms with van der Waals surface area (Å²) in [7, 11) is 0. The summed E-state index contributed by atoms with van der Waals surface area (Å²) < 4.78 is 0. The van der Waals surface area contributed by atoms with Gasteiger partial charge in [-0.25, -0.2) is 0 Å². The van der Waals surface area contributed by atoms with Gasteiger partial charge in [-0.3, -0.25) is 10.1 Å². The Morgan fingerprint density at radius 1 is 1.06 bits per heavy atom. The number of nitro groups is 1. The summed E-state index contributed by atoms with van der Waals surface area (Å²) in [6, 6.07) is 16.8. The van der Waals surface area contributed by atoms with E-state index in [1.54, 1.807) is 12.1 Å². The Balaban J connectivity index is 2.09. The molecule has 0 aromatic heterocycles. The van der Waals surface area contributed by atoms with Gasteiger partial charge in [0.05, 0.1) is 4.92 Å². The van der Waals surface area contributed by atoms with E-state index < -0.39 is 0 Å². The van der Waals surface area contributed by atoms with Crippen LogP contribution in [0, 0.1) is 10.1 Å². The van der Waals surface area contributed by atoms with Crippen molar-refractivity contribution >= 4 is 21.6 Å². The first-order valence-electron chi connectivity index (χ1n) is 5.59. The maximum Gasteiger partial charge on any atom is 0.269 e. The zero-order chi connectivity index (χ0) is 13.0. The van der Waals surface area contributed by atoms with E-state index in [1.807, 2.05) is 18.2 Å². The topological polar surface area (TPSA) is 43.1 Å². The molecule has 0 saturated heterocycles. The largest absolute Gasteiger partial charge is 0.269 e. The molecule has 2 aromatic rings. The number of hydrogen-bond acceptors (Lipinski definition) is 2. The van der Waals surface area contributed by atoms with Gasteiger partial charge in [-0.2, -0.15) is 0 Å². The van der Waals surface area contributed by atoms with Crippen LogP contribution in [0.3, 0.4) is 0 Å². The highest BCUT2D eigenvalue weighted by Crippen LogP contribution is 2.28. The van der Waals surface area contributed by atoms with E-state index in [1.165, 1.54) is 17.7 Å². The zero-order valence-corrected chi connectivity index (χ0v) is 11.2. The minimum Gasteiger partial charge on any atom is -0.258 e. The first-order chi connectivity index (χ1) is 8.66. The molecule has 1 unspecified atom stereocenters. The van der Waals surface area contributed by atoms with Crippen LogP contribution in [0.15, 0.2) is 54.6 Å². The summed E-state index contributed by atoms with van der Waals surface area (Å²) in [6.07, 6.45) is 0.860. The maximum atomic E-state index is 10.6. The van der Waals surface area contributed by atoms with Crippen LogP contribution in [0.2, 0.25) is 0 Å². The third-order valence-electron chi connectivity index (χ3n) is 2.72. The first-order valence-corrected chi connectivity index (χ1v) is 6.51. The summed E-state index contributed by atoms with van der Waals surface area (Å²) in [5.41, 5.74) is 2.40. The van der Waals surface area contributed by atoms with E-state index in [9.17, 15) is 10.1 Å². The Morgan fingerprint density at radius 2 is 1.67 bits per heavy atom. The molecule has 2 rings (SSSR count). The molecule has 92 valence electrons. The van der Waals surface area contributed by atoms with E-state index >= 15 is 0 Å². The summed E-state index contributed by atoms with van der Waals surface area (Å²) in [4.78, 5) is 10.3. The lowest BCUT2D eigenvalue weighted by Gasteiger charge is -2.09. The van der Waals surface area contributed by atoms with Gasteiger partial charge in [0.2, 0.25) is 0 Å². The van der Waals surface area contributed by atoms with E-state index in [0.29, 0.717) is 0 Å². The van der Waals surface area contributed by atoms with Crippen molar-refractivity contribution in [1.82, 2.24) is 0 Å². The minimum absolute atomic E-state index is 0.123. The molecule has 0 amide bonds. The standard InChI is InChI=1S/C14H12BrNO2/c15-14(10-11-4-2-1-3-5-11)12-6-8-13(9-7-12)16(17)18/h1-9,14H,10H2. The number of alkyl halides is 1. The number of nitro benzene ring substituents is 1. The molecule has 0 saturated carbocycles. The molecule has 0 fully saturated rings. The average molecular weight is 306 g/mol. The Bertz CT molecular complexity index is 525. The summed E-state index contributed by atoms with van der Waals surface area (Å²) in [6.45, 7) is 0. The molecule has 0 aliphatic carbocycles. The van der Waals surface area contributed by atoms with Crippen molar-refractivity contribution in [1.29, 1.82) is 0 Å². The number of non-ortho nitro benzene ring substituents is 1. The van der Waals surface area contributed by atoms with Crippen LogP contribution in [-0.2, 0) is 6.42 Å². The maximum absolute atomic E-state index is 10.6. The van der Waals surface area contributed by atoms with Crippen molar-refractivity contribution in [2.24, 2.45) is 0 Å². The smallest absolute Gasteiger partial charge is 0.258 e. The van der Waals surface area contributed by atoms with Crippen molar-refractivity contribution in [2.45, 2.75) is 11.2 Å². The van der Waals surface area contributed by atoms with E-state index in [0.717, 1.165) is 12.0 Å². The van der Waals surface area contributed by atoms with Crippen LogP contribution in [0.1, 0.15) is 16.0 Å². The second-order valence-electron chi connectivity index (χ2n) is 4.01. The van der Waals surface area contributed by atoms with Crippen molar-refractivity contribution in [3.63, 3.8) is 0 Å². The lowest BCUT2D eigenvalue weighted by Crippen LogP contribution is -1.96. The fraction of sp³-hybridized carbons (Fsp3) is 0.143. The normalized spacial score (nSPS) is 12.1. The van der Waals surface area contributed by atoms with Crippen LogP contribution in [0.25, 0.3) is 0 Å². The Hall–Kier alpha value is -1.68. The average Bonchev–Trinajstić information content (AvgIpc) is 2.40. The van der Waals surface area contributed by atoms with Crippen molar-refractivity contribution in [2.75, 3.05) is 0 Å². The fourth-order valence-electron chi connectivity index (χ4n) is 1.74. The van der Waals surface area contributed by atoms with Gasteiger partial charge in [0.15, 0.2) is 0 Å². The van der Waals surface area contributed by atoms with Gasteiger partial charge in [0, 0.05) is 17.0 Å². The van der Waals surface area contributed by atoms with Crippen LogP contribution in [-0.4, -0.2) is 4.92 Å². The molecule has 0 heterocycles. The van der Waals surface area contributed by atoms with Crippen molar-refractivity contribution in [3.05, 3.63) is 75.8 Å². The van der Waals surface area contributed by atoms with Crippen LogP contribution >= 0.6 is 15.9 Å². The van der Waals surface area contributed by atoms with E-state index in [4.69, 9.17) is 0 Å². The second kappa shape index (κ2) is 5.78. The van der Waals surface area contributed by atoms with Gasteiger partial charge >= 0.3 is 0 Å². The minimum atomic E-state index is -0.385. The predicted molar refractivity (Wildman–Crippen MR) is 74.9 cm³/mol. The second-order valence-corrected chi connectivity index (χ2v) is 5.11. The summed E-state index contributed by atoms with van der Waals surface area (Å²) in [5.74, 6) is 0. The SMILES string of the molecule is O=[N+]([O-])c1ccc(C(Br)Cc2ccccc2)cc1. The molecule has 0 spiro atoms. The van der Waals surface area contributed by atoms with Gasteiger partial charge in [-0.15, -0.1) is 0 Å². The van der Waals surface area contributed by atoms with Gasteiger partial charge in [0.25, 0.3) is 5.69 Å². The molecular weight excluding hydrogens is 294 g/mol. The monoisotopic (exact) mass is 305 g/mol. The third-order valence-corrected chi connectivity index (χ3v) is 3.58.